The molecule has 7 nitrogen and oxygen atoms in total. The Labute approximate surface area is 165 Å². The highest BCUT2D eigenvalue weighted by molar-refractivity contribution is 8.13. The summed E-state index contributed by atoms with van der Waals surface area (Å²) in [5.74, 6) is 0.793. The third kappa shape index (κ3) is 9.80. The summed E-state index contributed by atoms with van der Waals surface area (Å²) in [4.78, 5) is 0. The van der Waals surface area contributed by atoms with Crippen LogP contribution in [0.15, 0.2) is 18.7 Å². The maximum Gasteiger partial charge on any atom is 0.480 e. The number of aryl methyl sites for hydroxylation is 2. The summed E-state index contributed by atoms with van der Waals surface area (Å²) in [5.41, 5.74) is -12.4. The molecule has 1 aromatic heterocycles. The third-order valence-electron chi connectivity index (χ3n) is 3.26. The first-order chi connectivity index (χ1) is 12.9. The first kappa shape index (κ1) is 27.6. The van der Waals surface area contributed by atoms with E-state index in [9.17, 15) is 43.2 Å². The lowest BCUT2D eigenvalue weighted by Crippen LogP contribution is -2.30. The number of unbranched alkanes of at least 4 members (excludes halogenated alkanes) is 1. The Hall–Kier alpha value is -1.35. The SMILES string of the molecule is CCCC[n+]1ccn(CCC(C)C)c1.O=S(=O)([N-]S(=O)(=O)C(F)(F)F)C(F)(F)F. The Morgan fingerprint density at radius 2 is 1.48 bits per heavy atom. The molecule has 1 aromatic rings. The van der Waals surface area contributed by atoms with Crippen molar-refractivity contribution in [1.82, 2.24) is 4.57 Å². The fourth-order valence-electron chi connectivity index (χ4n) is 1.66. The molecule has 15 heteroatoms. The lowest BCUT2D eigenvalue weighted by Gasteiger charge is -2.22. The molecule has 1 heterocycles. The van der Waals surface area contributed by atoms with Gasteiger partial charge < -0.3 is 4.13 Å². The maximum absolute atomic E-state index is 11.4. The largest absolute Gasteiger partial charge is 0.480 e. The first-order valence-corrected chi connectivity index (χ1v) is 11.2. The average molecular weight is 475 g/mol. The summed E-state index contributed by atoms with van der Waals surface area (Å²) in [5, 5.41) is 0. The van der Waals surface area contributed by atoms with Crippen LogP contribution in [0.2, 0.25) is 0 Å². The summed E-state index contributed by atoms with van der Waals surface area (Å²) in [6, 6.07) is 0. The monoisotopic (exact) mass is 475 g/mol. The van der Waals surface area contributed by atoms with Crippen molar-refractivity contribution in [2.45, 2.75) is 64.1 Å². The molecule has 0 saturated heterocycles. The zero-order valence-electron chi connectivity index (χ0n) is 15.9. The lowest BCUT2D eigenvalue weighted by atomic mass is 10.1. The molecule has 0 aromatic carbocycles. The summed E-state index contributed by atoms with van der Waals surface area (Å²) < 4.78 is 114. The molecule has 0 radical (unpaired) electrons. The van der Waals surface area contributed by atoms with E-state index in [1.807, 2.05) is 0 Å². The summed E-state index contributed by atoms with van der Waals surface area (Å²) in [7, 11) is -13.4. The predicted molar refractivity (Wildman–Crippen MR) is 92.3 cm³/mol. The van der Waals surface area contributed by atoms with Crippen LogP contribution in [0.4, 0.5) is 26.3 Å². The predicted octanol–water partition coefficient (Wildman–Crippen LogP) is 3.68. The van der Waals surface area contributed by atoms with Crippen LogP contribution in [0.1, 0.15) is 40.0 Å². The second kappa shape index (κ2) is 10.6. The van der Waals surface area contributed by atoms with Gasteiger partial charge in [0, 0.05) is 0 Å². The Morgan fingerprint density at radius 3 is 1.86 bits per heavy atom. The van der Waals surface area contributed by atoms with E-state index in [1.54, 1.807) is 0 Å². The van der Waals surface area contributed by atoms with E-state index in [-0.39, 0.29) is 0 Å². The molecule has 1 rings (SSSR count). The van der Waals surface area contributed by atoms with Crippen molar-refractivity contribution in [3.05, 3.63) is 22.8 Å². The number of hydrogen-bond donors (Lipinski definition) is 0. The fraction of sp³-hybridized carbons (Fsp3) is 0.786. The average Bonchev–Trinajstić information content (AvgIpc) is 2.96. The van der Waals surface area contributed by atoms with Gasteiger partial charge in [-0.05, 0) is 18.8 Å². The van der Waals surface area contributed by atoms with Gasteiger partial charge in [-0.1, -0.05) is 27.2 Å². The smallest absolute Gasteiger partial charge is 0.421 e. The van der Waals surface area contributed by atoms with Crippen molar-refractivity contribution in [3.8, 4) is 0 Å². The van der Waals surface area contributed by atoms with Gasteiger partial charge in [-0.2, -0.15) is 26.3 Å². The molecule has 0 bridgehead atoms. The number of imidazole rings is 1. The van der Waals surface area contributed by atoms with Crippen molar-refractivity contribution < 1.29 is 47.7 Å². The maximum atomic E-state index is 11.4. The third-order valence-corrected chi connectivity index (χ3v) is 6.00. The summed E-state index contributed by atoms with van der Waals surface area (Å²) >= 11 is 0. The number of halogens is 6. The normalized spacial score (nSPS) is 13.3. The Balaban J connectivity index is 0.000000541. The Kier molecular flexibility index (Phi) is 10.1. The van der Waals surface area contributed by atoms with Crippen LogP contribution < -0.4 is 4.57 Å². The number of alkyl halides is 6. The molecule has 172 valence electrons. The number of aromatic nitrogens is 2. The minimum atomic E-state index is -6.72. The molecular weight excluding hydrogens is 452 g/mol. The highest BCUT2D eigenvalue weighted by Crippen LogP contribution is 2.36. The Bertz CT molecular complexity index is 788. The number of sulfonamides is 2. The minimum Gasteiger partial charge on any atom is -0.421 e. The van der Waals surface area contributed by atoms with Crippen molar-refractivity contribution in [2.24, 2.45) is 5.92 Å². The standard InChI is InChI=1S/C12H23N2.C2F6NO4S2/c1-4-5-7-13-9-10-14(11-13)8-6-12(2)3;3-1(4,5)14(10,11)9-15(12,13)2(6,7)8/h9-12H,4-8H2,1-3H3;/q+1;-1. The topological polar surface area (TPSA) is 91.2 Å². The quantitative estimate of drug-likeness (QED) is 0.424. The zero-order chi connectivity index (χ0) is 23.1. The molecule has 0 spiro atoms. The van der Waals surface area contributed by atoms with Crippen molar-refractivity contribution in [1.29, 1.82) is 0 Å². The van der Waals surface area contributed by atoms with E-state index in [2.05, 4.69) is 48.6 Å². The van der Waals surface area contributed by atoms with E-state index in [0.717, 1.165) is 23.1 Å². The molecule has 29 heavy (non-hydrogen) atoms. The highest BCUT2D eigenvalue weighted by Gasteiger charge is 2.46. The molecule has 0 saturated carbocycles. The van der Waals surface area contributed by atoms with E-state index in [4.69, 9.17) is 0 Å². The van der Waals surface area contributed by atoms with Crippen LogP contribution in [0.3, 0.4) is 0 Å². The minimum absolute atomic E-state index is 0.778. The zero-order valence-corrected chi connectivity index (χ0v) is 17.5. The van der Waals surface area contributed by atoms with E-state index >= 15 is 0 Å². The van der Waals surface area contributed by atoms with E-state index < -0.39 is 31.1 Å². The molecule has 0 aliphatic carbocycles. The molecule has 0 fully saturated rings. The van der Waals surface area contributed by atoms with Crippen LogP contribution in [0.25, 0.3) is 4.13 Å². The van der Waals surface area contributed by atoms with Crippen molar-refractivity contribution in [3.63, 3.8) is 0 Å². The molecule has 0 N–H and O–H groups in total. The first-order valence-electron chi connectivity index (χ1n) is 8.34. The van der Waals surface area contributed by atoms with Crippen LogP contribution >= 0.6 is 0 Å². The Morgan fingerprint density at radius 1 is 1.00 bits per heavy atom. The summed E-state index contributed by atoms with van der Waals surface area (Å²) in [6.45, 7) is 9.08. The van der Waals surface area contributed by atoms with Gasteiger partial charge in [-0.25, -0.2) is 26.0 Å². The van der Waals surface area contributed by atoms with Crippen LogP contribution in [0.5, 0.6) is 0 Å². The fourth-order valence-corrected chi connectivity index (χ4v) is 3.37. The van der Waals surface area contributed by atoms with Gasteiger partial charge in [0.2, 0.25) is 6.33 Å². The molecular formula is C14H23F6N3O4S2. The molecule has 0 aliphatic rings. The van der Waals surface area contributed by atoms with Gasteiger partial charge in [0.15, 0.2) is 20.0 Å². The van der Waals surface area contributed by atoms with Crippen LogP contribution in [0, 0.1) is 5.92 Å². The van der Waals surface area contributed by atoms with Crippen LogP contribution in [-0.2, 0) is 33.1 Å². The van der Waals surface area contributed by atoms with Gasteiger partial charge in [0.25, 0.3) is 0 Å². The van der Waals surface area contributed by atoms with Gasteiger partial charge in [0.05, 0.1) is 13.1 Å². The van der Waals surface area contributed by atoms with Gasteiger partial charge in [-0.3, -0.25) is 0 Å². The van der Waals surface area contributed by atoms with Gasteiger partial charge in [0.1, 0.15) is 12.4 Å². The van der Waals surface area contributed by atoms with Crippen molar-refractivity contribution in [2.75, 3.05) is 0 Å². The second-order valence-corrected chi connectivity index (χ2v) is 9.76. The highest BCUT2D eigenvalue weighted by atomic mass is 32.3. The van der Waals surface area contributed by atoms with E-state index in [0.29, 0.717) is 0 Å². The number of rotatable bonds is 8. The van der Waals surface area contributed by atoms with Gasteiger partial charge >= 0.3 is 11.0 Å². The van der Waals surface area contributed by atoms with Gasteiger partial charge in [-0.15, -0.1) is 0 Å². The molecule has 0 amide bonds. The number of hydrogen-bond acceptors (Lipinski definition) is 4. The molecule has 0 unspecified atom stereocenters. The molecule has 0 atom stereocenters. The lowest BCUT2D eigenvalue weighted by molar-refractivity contribution is -0.696. The van der Waals surface area contributed by atoms with Crippen LogP contribution in [-0.4, -0.2) is 32.4 Å². The van der Waals surface area contributed by atoms with Crippen molar-refractivity contribution >= 4 is 20.0 Å². The number of nitrogens with zero attached hydrogens (tertiary/aromatic N) is 3. The second-order valence-electron chi connectivity index (χ2n) is 6.34. The summed E-state index contributed by atoms with van der Waals surface area (Å²) in [6.07, 6.45) is 10.4. The van der Waals surface area contributed by atoms with E-state index in [1.165, 1.54) is 19.3 Å². The molecule has 0 aliphatic heterocycles.